The van der Waals surface area contributed by atoms with Crippen LogP contribution >= 0.6 is 0 Å². The van der Waals surface area contributed by atoms with Crippen molar-refractivity contribution in [2.45, 2.75) is 0 Å². The summed E-state index contributed by atoms with van der Waals surface area (Å²) in [5, 5.41) is 7.29. The maximum Gasteiger partial charge on any atom is 0.151 e. The number of aldehydes is 1. The van der Waals surface area contributed by atoms with E-state index in [0.717, 1.165) is 6.29 Å². The van der Waals surface area contributed by atoms with Gasteiger partial charge in [-0.1, -0.05) is 0 Å². The number of hydrogen-bond donors (Lipinski definition) is 0. The second kappa shape index (κ2) is 3.14. The molecule has 0 unspecified atom stereocenters. The fourth-order valence-electron chi connectivity index (χ4n) is 0.939. The lowest BCUT2D eigenvalue weighted by Gasteiger charge is -1.98. The summed E-state index contributed by atoms with van der Waals surface area (Å²) in [6.45, 7) is 0. The molecule has 0 amide bonds. The van der Waals surface area contributed by atoms with Crippen LogP contribution in [0.15, 0.2) is 31.0 Å². The van der Waals surface area contributed by atoms with Gasteiger partial charge in [0.05, 0.1) is 0 Å². The van der Waals surface area contributed by atoms with E-state index in [9.17, 15) is 4.79 Å². The molecule has 2 aromatic rings. The fraction of sp³-hybridized carbons (Fsp3) is 0. The standard InChI is InChI=1S/C8H6N4O/c13-4-7-1-2-8(9-3-7)12-5-10-11-6-12/h1-6H. The third-order valence-electron chi connectivity index (χ3n) is 1.59. The second-order valence-electron chi connectivity index (χ2n) is 2.44. The van der Waals surface area contributed by atoms with Crippen molar-refractivity contribution in [3.63, 3.8) is 0 Å². The van der Waals surface area contributed by atoms with Crippen molar-refractivity contribution in [3.8, 4) is 5.82 Å². The lowest BCUT2D eigenvalue weighted by molar-refractivity contribution is 0.112. The first-order valence-corrected chi connectivity index (χ1v) is 3.66. The van der Waals surface area contributed by atoms with Crippen molar-refractivity contribution in [2.24, 2.45) is 0 Å². The van der Waals surface area contributed by atoms with Crippen molar-refractivity contribution in [3.05, 3.63) is 36.5 Å². The van der Waals surface area contributed by atoms with Crippen LogP contribution in [-0.4, -0.2) is 26.0 Å². The monoisotopic (exact) mass is 174 g/mol. The van der Waals surface area contributed by atoms with Gasteiger partial charge >= 0.3 is 0 Å². The highest BCUT2D eigenvalue weighted by Gasteiger charge is 1.96. The van der Waals surface area contributed by atoms with Gasteiger partial charge < -0.3 is 0 Å². The van der Waals surface area contributed by atoms with Crippen LogP contribution in [0.25, 0.3) is 5.82 Å². The Kier molecular flexibility index (Phi) is 1.84. The highest BCUT2D eigenvalue weighted by molar-refractivity contribution is 5.74. The molecule has 0 saturated carbocycles. The number of hydrogen-bond acceptors (Lipinski definition) is 4. The predicted octanol–water partition coefficient (Wildman–Crippen LogP) is 0.475. The number of aromatic nitrogens is 4. The van der Waals surface area contributed by atoms with E-state index in [-0.39, 0.29) is 0 Å². The minimum atomic E-state index is 0.553. The van der Waals surface area contributed by atoms with Gasteiger partial charge in [0.2, 0.25) is 0 Å². The van der Waals surface area contributed by atoms with Gasteiger partial charge in [0.1, 0.15) is 18.5 Å². The zero-order chi connectivity index (χ0) is 9.10. The molecule has 0 aliphatic rings. The number of rotatable bonds is 2. The van der Waals surface area contributed by atoms with Gasteiger partial charge in [-0.25, -0.2) is 4.98 Å². The maximum absolute atomic E-state index is 10.3. The fourth-order valence-corrected chi connectivity index (χ4v) is 0.939. The summed E-state index contributed by atoms with van der Waals surface area (Å²) in [4.78, 5) is 14.4. The Balaban J connectivity index is 2.38. The molecule has 2 heterocycles. The molecule has 0 radical (unpaired) electrons. The van der Waals surface area contributed by atoms with Crippen molar-refractivity contribution >= 4 is 6.29 Å². The third-order valence-corrected chi connectivity index (χ3v) is 1.59. The van der Waals surface area contributed by atoms with E-state index in [2.05, 4.69) is 15.2 Å². The van der Waals surface area contributed by atoms with Crippen molar-refractivity contribution < 1.29 is 4.79 Å². The number of carbonyl (C=O) groups is 1. The van der Waals surface area contributed by atoms with Crippen LogP contribution in [0.3, 0.4) is 0 Å². The van der Waals surface area contributed by atoms with Crippen LogP contribution in [0.2, 0.25) is 0 Å². The molecule has 0 atom stereocenters. The molecule has 2 rings (SSSR count). The van der Waals surface area contributed by atoms with E-state index in [1.807, 2.05) is 0 Å². The largest absolute Gasteiger partial charge is 0.298 e. The van der Waals surface area contributed by atoms with E-state index >= 15 is 0 Å². The topological polar surface area (TPSA) is 60.7 Å². The quantitative estimate of drug-likeness (QED) is 0.621. The van der Waals surface area contributed by atoms with Crippen LogP contribution in [0.1, 0.15) is 10.4 Å². The predicted molar refractivity (Wildman–Crippen MR) is 44.5 cm³/mol. The molecule has 5 nitrogen and oxygen atoms in total. The summed E-state index contributed by atoms with van der Waals surface area (Å²) in [5.41, 5.74) is 0.553. The molecule has 0 aliphatic heterocycles. The molecule has 0 aromatic carbocycles. The average Bonchev–Trinajstić information content (AvgIpc) is 2.71. The molecule has 0 bridgehead atoms. The molecule has 64 valence electrons. The first-order chi connectivity index (χ1) is 6.40. The normalized spacial score (nSPS) is 9.85. The average molecular weight is 174 g/mol. The number of pyridine rings is 1. The Bertz CT molecular complexity index is 393. The molecule has 0 saturated heterocycles. The van der Waals surface area contributed by atoms with Crippen LogP contribution in [0, 0.1) is 0 Å². The SMILES string of the molecule is O=Cc1ccc(-n2cnnc2)nc1. The summed E-state index contributed by atoms with van der Waals surface area (Å²) < 4.78 is 1.66. The summed E-state index contributed by atoms with van der Waals surface area (Å²) >= 11 is 0. The van der Waals surface area contributed by atoms with E-state index in [1.165, 1.54) is 6.20 Å². The van der Waals surface area contributed by atoms with Crippen molar-refractivity contribution in [2.75, 3.05) is 0 Å². The molecule has 5 heteroatoms. The first kappa shape index (κ1) is 7.60. The van der Waals surface area contributed by atoms with Crippen molar-refractivity contribution in [1.82, 2.24) is 19.7 Å². The molecular formula is C8H6N4O. The maximum atomic E-state index is 10.3. The first-order valence-electron chi connectivity index (χ1n) is 3.66. The highest BCUT2D eigenvalue weighted by atomic mass is 16.1. The molecule has 0 N–H and O–H groups in total. The Morgan fingerprint density at radius 2 is 2.00 bits per heavy atom. The molecule has 2 aromatic heterocycles. The number of nitrogens with zero attached hydrogens (tertiary/aromatic N) is 4. The summed E-state index contributed by atoms with van der Waals surface area (Å²) in [5.74, 6) is 0.690. The van der Waals surface area contributed by atoms with E-state index < -0.39 is 0 Å². The lowest BCUT2D eigenvalue weighted by atomic mass is 10.3. The van der Waals surface area contributed by atoms with Gasteiger partial charge in [0.15, 0.2) is 6.29 Å². The van der Waals surface area contributed by atoms with Crippen LogP contribution in [0.4, 0.5) is 0 Å². The minimum absolute atomic E-state index is 0.553. The Hall–Kier alpha value is -2.04. The third kappa shape index (κ3) is 1.44. The van der Waals surface area contributed by atoms with E-state index in [4.69, 9.17) is 0 Å². The van der Waals surface area contributed by atoms with Gasteiger partial charge in [-0.2, -0.15) is 0 Å². The number of carbonyl (C=O) groups excluding carboxylic acids is 1. The van der Waals surface area contributed by atoms with E-state index in [0.29, 0.717) is 11.4 Å². The minimum Gasteiger partial charge on any atom is -0.298 e. The zero-order valence-corrected chi connectivity index (χ0v) is 6.66. The highest BCUT2D eigenvalue weighted by Crippen LogP contribution is 2.02. The zero-order valence-electron chi connectivity index (χ0n) is 6.66. The van der Waals surface area contributed by atoms with Gasteiger partial charge in [0, 0.05) is 11.8 Å². The Morgan fingerprint density at radius 3 is 2.54 bits per heavy atom. The molecule has 0 fully saturated rings. The second-order valence-corrected chi connectivity index (χ2v) is 2.44. The summed E-state index contributed by atoms with van der Waals surface area (Å²) in [6, 6.07) is 3.42. The Labute approximate surface area is 74.1 Å². The molecule has 0 spiro atoms. The molecule has 13 heavy (non-hydrogen) atoms. The van der Waals surface area contributed by atoms with Crippen LogP contribution in [-0.2, 0) is 0 Å². The summed E-state index contributed by atoms with van der Waals surface area (Å²) in [7, 11) is 0. The van der Waals surface area contributed by atoms with Crippen LogP contribution in [0.5, 0.6) is 0 Å². The van der Waals surface area contributed by atoms with Gasteiger partial charge in [-0.15, -0.1) is 10.2 Å². The van der Waals surface area contributed by atoms with Crippen molar-refractivity contribution in [1.29, 1.82) is 0 Å². The van der Waals surface area contributed by atoms with Gasteiger partial charge in [-0.05, 0) is 12.1 Å². The van der Waals surface area contributed by atoms with E-state index in [1.54, 1.807) is 29.4 Å². The van der Waals surface area contributed by atoms with Crippen LogP contribution < -0.4 is 0 Å². The lowest BCUT2D eigenvalue weighted by Crippen LogP contribution is -1.94. The smallest absolute Gasteiger partial charge is 0.151 e. The summed E-state index contributed by atoms with van der Waals surface area (Å²) in [6.07, 6.45) is 5.34. The van der Waals surface area contributed by atoms with Gasteiger partial charge in [-0.3, -0.25) is 9.36 Å². The molecular weight excluding hydrogens is 168 g/mol. The molecule has 0 aliphatic carbocycles. The Morgan fingerprint density at radius 1 is 1.23 bits per heavy atom. The van der Waals surface area contributed by atoms with Gasteiger partial charge in [0.25, 0.3) is 0 Å².